The van der Waals surface area contributed by atoms with Gasteiger partial charge in [-0.05, 0) is 30.7 Å². The molecule has 0 aliphatic heterocycles. The molecule has 2 rings (SSSR count). The second-order valence-corrected chi connectivity index (χ2v) is 4.75. The average molecular weight is 287 g/mol. The van der Waals surface area contributed by atoms with Crippen LogP contribution in [0.2, 0.25) is 5.02 Å². The van der Waals surface area contributed by atoms with Gasteiger partial charge in [-0.15, -0.1) is 0 Å². The van der Waals surface area contributed by atoms with E-state index in [2.05, 4.69) is 11.8 Å². The van der Waals surface area contributed by atoms with Gasteiger partial charge < -0.3 is 9.84 Å². The molecule has 0 saturated heterocycles. The highest BCUT2D eigenvalue weighted by atomic mass is 35.5. The third kappa shape index (κ3) is 3.77. The molecule has 2 aromatic rings. The van der Waals surface area contributed by atoms with Gasteiger partial charge >= 0.3 is 0 Å². The molecule has 0 unspecified atom stereocenters. The van der Waals surface area contributed by atoms with Gasteiger partial charge in [0, 0.05) is 16.1 Å². The van der Waals surface area contributed by atoms with Gasteiger partial charge in [-0.3, -0.25) is 0 Å². The molecular weight excluding hydrogens is 272 g/mol. The zero-order valence-electron chi connectivity index (χ0n) is 11.2. The van der Waals surface area contributed by atoms with Crippen molar-refractivity contribution in [3.63, 3.8) is 0 Å². The predicted molar refractivity (Wildman–Crippen MR) is 80.9 cm³/mol. The fourth-order valence-corrected chi connectivity index (χ4v) is 1.95. The molecule has 0 saturated carbocycles. The third-order valence-electron chi connectivity index (χ3n) is 2.85. The summed E-state index contributed by atoms with van der Waals surface area (Å²) in [5, 5.41) is 9.43. The van der Waals surface area contributed by atoms with Gasteiger partial charge in [-0.1, -0.05) is 47.7 Å². The molecule has 0 aliphatic carbocycles. The lowest BCUT2D eigenvalue weighted by atomic mass is 10.1. The van der Waals surface area contributed by atoms with Crippen LogP contribution >= 0.6 is 11.6 Å². The van der Waals surface area contributed by atoms with Crippen LogP contribution < -0.4 is 4.74 Å². The Morgan fingerprint density at radius 3 is 2.80 bits per heavy atom. The van der Waals surface area contributed by atoms with Crippen molar-refractivity contribution in [1.82, 2.24) is 0 Å². The van der Waals surface area contributed by atoms with Crippen molar-refractivity contribution < 1.29 is 9.84 Å². The Morgan fingerprint density at radius 1 is 1.20 bits per heavy atom. The number of benzene rings is 2. The van der Waals surface area contributed by atoms with E-state index in [1.54, 1.807) is 6.07 Å². The van der Waals surface area contributed by atoms with E-state index in [4.69, 9.17) is 21.4 Å². The molecule has 0 aliphatic rings. The predicted octanol–water partition coefficient (Wildman–Crippen LogP) is 3.57. The maximum atomic E-state index is 8.77. The molecule has 1 N–H and O–H groups in total. The molecule has 0 spiro atoms. The van der Waals surface area contributed by atoms with Crippen LogP contribution in [-0.4, -0.2) is 11.7 Å². The minimum absolute atomic E-state index is 0.150. The van der Waals surface area contributed by atoms with Crippen molar-refractivity contribution in [3.8, 4) is 17.6 Å². The van der Waals surface area contributed by atoms with Crippen molar-refractivity contribution in [3.05, 3.63) is 64.2 Å². The van der Waals surface area contributed by atoms with E-state index >= 15 is 0 Å². The van der Waals surface area contributed by atoms with Crippen LogP contribution in [0.4, 0.5) is 0 Å². The van der Waals surface area contributed by atoms with Gasteiger partial charge in [0.25, 0.3) is 0 Å². The maximum Gasteiger partial charge on any atom is 0.124 e. The van der Waals surface area contributed by atoms with E-state index in [0.717, 1.165) is 22.4 Å². The zero-order chi connectivity index (χ0) is 14.4. The summed E-state index contributed by atoms with van der Waals surface area (Å²) >= 11 is 5.97. The van der Waals surface area contributed by atoms with Crippen molar-refractivity contribution in [2.24, 2.45) is 0 Å². The van der Waals surface area contributed by atoms with Gasteiger partial charge in [-0.2, -0.15) is 0 Å². The molecule has 2 aromatic carbocycles. The number of aliphatic hydroxyl groups excluding tert-OH is 1. The molecule has 20 heavy (non-hydrogen) atoms. The van der Waals surface area contributed by atoms with E-state index in [-0.39, 0.29) is 6.61 Å². The minimum Gasteiger partial charge on any atom is -0.489 e. The largest absolute Gasteiger partial charge is 0.489 e. The normalized spacial score (nSPS) is 9.75. The molecule has 0 bridgehead atoms. The van der Waals surface area contributed by atoms with Crippen LogP contribution in [0.25, 0.3) is 0 Å². The van der Waals surface area contributed by atoms with E-state index in [0.29, 0.717) is 11.6 Å². The Labute approximate surface area is 124 Å². The minimum atomic E-state index is -0.150. The number of aryl methyl sites for hydroxylation is 1. The maximum absolute atomic E-state index is 8.77. The number of ether oxygens (including phenoxy) is 1. The van der Waals surface area contributed by atoms with E-state index < -0.39 is 0 Å². The summed E-state index contributed by atoms with van der Waals surface area (Å²) in [6.45, 7) is 2.24. The van der Waals surface area contributed by atoms with Crippen LogP contribution in [0, 0.1) is 18.8 Å². The molecule has 102 valence electrons. The highest BCUT2D eigenvalue weighted by molar-refractivity contribution is 6.30. The summed E-state index contributed by atoms with van der Waals surface area (Å²) in [6, 6.07) is 13.3. The van der Waals surface area contributed by atoms with E-state index in [1.165, 1.54) is 0 Å². The molecular formula is C17H15ClO2. The lowest BCUT2D eigenvalue weighted by Crippen LogP contribution is -1.99. The van der Waals surface area contributed by atoms with E-state index in [1.807, 2.05) is 43.3 Å². The third-order valence-corrected chi connectivity index (χ3v) is 3.09. The molecule has 2 nitrogen and oxygen atoms in total. The van der Waals surface area contributed by atoms with Crippen LogP contribution in [-0.2, 0) is 6.61 Å². The Bertz CT molecular complexity index is 654. The molecule has 0 atom stereocenters. The van der Waals surface area contributed by atoms with Gasteiger partial charge in [0.2, 0.25) is 0 Å². The fraction of sp³-hybridized carbons (Fsp3) is 0.176. The summed E-state index contributed by atoms with van der Waals surface area (Å²) in [6.07, 6.45) is 0. The lowest BCUT2D eigenvalue weighted by Gasteiger charge is -2.10. The van der Waals surface area contributed by atoms with Crippen molar-refractivity contribution >= 4 is 11.6 Å². The van der Waals surface area contributed by atoms with Gasteiger partial charge in [0.05, 0.1) is 0 Å². The first-order valence-electron chi connectivity index (χ1n) is 6.27. The highest BCUT2D eigenvalue weighted by Gasteiger charge is 2.04. The molecule has 3 heteroatoms. The first-order chi connectivity index (χ1) is 9.70. The molecule has 0 fully saturated rings. The molecule has 0 aromatic heterocycles. The smallest absolute Gasteiger partial charge is 0.124 e. The monoisotopic (exact) mass is 286 g/mol. The van der Waals surface area contributed by atoms with Crippen LogP contribution in [0.15, 0.2) is 42.5 Å². The quantitative estimate of drug-likeness (QED) is 0.874. The summed E-state index contributed by atoms with van der Waals surface area (Å²) in [7, 11) is 0. The number of aliphatic hydroxyl groups is 1. The topological polar surface area (TPSA) is 29.5 Å². The summed E-state index contributed by atoms with van der Waals surface area (Å²) < 4.78 is 5.81. The Balaban J connectivity index is 2.17. The zero-order valence-corrected chi connectivity index (χ0v) is 11.9. The molecule has 0 amide bonds. The standard InChI is InChI=1S/C17H15ClO2/c1-13-8-9-16(18)11-17(13)20-12-15-6-3-2-5-14(15)7-4-10-19/h2-3,5-6,8-9,11,19H,10,12H2,1H3. The van der Waals surface area contributed by atoms with Gasteiger partial charge in [-0.25, -0.2) is 0 Å². The number of halogens is 1. The lowest BCUT2D eigenvalue weighted by molar-refractivity contribution is 0.304. The van der Waals surface area contributed by atoms with Gasteiger partial charge in [0.15, 0.2) is 0 Å². The van der Waals surface area contributed by atoms with Crippen molar-refractivity contribution in [2.45, 2.75) is 13.5 Å². The van der Waals surface area contributed by atoms with Crippen LogP contribution in [0.1, 0.15) is 16.7 Å². The van der Waals surface area contributed by atoms with E-state index in [9.17, 15) is 0 Å². The summed E-state index contributed by atoms with van der Waals surface area (Å²) in [5.41, 5.74) is 2.88. The summed E-state index contributed by atoms with van der Waals surface area (Å²) in [5.74, 6) is 6.34. The van der Waals surface area contributed by atoms with Crippen molar-refractivity contribution in [1.29, 1.82) is 0 Å². The van der Waals surface area contributed by atoms with Crippen LogP contribution in [0.5, 0.6) is 5.75 Å². The second kappa shape index (κ2) is 7.00. The SMILES string of the molecule is Cc1ccc(Cl)cc1OCc1ccccc1C#CCO. The highest BCUT2D eigenvalue weighted by Crippen LogP contribution is 2.23. The van der Waals surface area contributed by atoms with Crippen molar-refractivity contribution in [2.75, 3.05) is 6.61 Å². The summed E-state index contributed by atoms with van der Waals surface area (Å²) in [4.78, 5) is 0. The number of rotatable bonds is 3. The number of hydrogen-bond acceptors (Lipinski definition) is 2. The second-order valence-electron chi connectivity index (χ2n) is 4.32. The molecule has 0 radical (unpaired) electrons. The first kappa shape index (κ1) is 14.5. The Kier molecular flexibility index (Phi) is 5.06. The average Bonchev–Trinajstić information content (AvgIpc) is 2.47. The first-order valence-corrected chi connectivity index (χ1v) is 6.65. The number of hydrogen-bond donors (Lipinski definition) is 1. The fourth-order valence-electron chi connectivity index (χ4n) is 1.79. The Morgan fingerprint density at radius 2 is 2.00 bits per heavy atom. The van der Waals surface area contributed by atoms with Crippen LogP contribution in [0.3, 0.4) is 0 Å². The van der Waals surface area contributed by atoms with Gasteiger partial charge in [0.1, 0.15) is 19.0 Å². The molecule has 0 heterocycles. The Hall–Kier alpha value is -1.95.